The summed E-state index contributed by atoms with van der Waals surface area (Å²) in [6, 6.07) is 0.314. The first-order valence-corrected chi connectivity index (χ1v) is 8.24. The highest BCUT2D eigenvalue weighted by molar-refractivity contribution is 6.05. The van der Waals surface area contributed by atoms with E-state index in [1.54, 1.807) is 4.90 Å². The number of nitrogens with zero attached hydrogens (tertiary/aromatic N) is 1. The first-order valence-electron chi connectivity index (χ1n) is 8.24. The van der Waals surface area contributed by atoms with E-state index < -0.39 is 0 Å². The van der Waals surface area contributed by atoms with E-state index in [9.17, 15) is 9.59 Å². The van der Waals surface area contributed by atoms with Gasteiger partial charge in [-0.15, -0.1) is 0 Å². The highest BCUT2D eigenvalue weighted by Gasteiger charge is 2.52. The molecule has 2 amide bonds. The number of likely N-dealkylation sites (tertiary alicyclic amines) is 1. The Morgan fingerprint density at radius 2 is 1.75 bits per heavy atom. The summed E-state index contributed by atoms with van der Waals surface area (Å²) in [7, 11) is 0. The molecule has 112 valence electrons. The van der Waals surface area contributed by atoms with Crippen molar-refractivity contribution in [1.82, 2.24) is 10.2 Å². The Balaban J connectivity index is 1.66. The molecular weight excluding hydrogens is 252 g/mol. The van der Waals surface area contributed by atoms with Crippen LogP contribution in [0.25, 0.3) is 0 Å². The van der Waals surface area contributed by atoms with Crippen LogP contribution < -0.4 is 5.32 Å². The largest absolute Gasteiger partial charge is 0.312 e. The highest BCUT2D eigenvalue weighted by Crippen LogP contribution is 2.44. The molecule has 2 aliphatic carbocycles. The molecule has 20 heavy (non-hydrogen) atoms. The van der Waals surface area contributed by atoms with E-state index in [1.165, 1.54) is 12.8 Å². The molecule has 1 aliphatic heterocycles. The van der Waals surface area contributed by atoms with E-state index in [-0.39, 0.29) is 23.7 Å². The SMILES string of the molecule is CCNC(CN1C(=O)C2CC(CC)CC2C1=O)C1CC1. The predicted molar refractivity (Wildman–Crippen MR) is 76.9 cm³/mol. The molecule has 0 aromatic rings. The molecular formula is C16H26N2O2. The highest BCUT2D eigenvalue weighted by atomic mass is 16.2. The van der Waals surface area contributed by atoms with Gasteiger partial charge in [-0.2, -0.15) is 0 Å². The Bertz CT molecular complexity index is 381. The predicted octanol–water partition coefficient (Wildman–Crippen LogP) is 1.80. The van der Waals surface area contributed by atoms with Crippen LogP contribution in [0.4, 0.5) is 0 Å². The molecule has 0 spiro atoms. The van der Waals surface area contributed by atoms with Gasteiger partial charge in [0.15, 0.2) is 0 Å². The third-order valence-corrected chi connectivity index (χ3v) is 5.44. The van der Waals surface area contributed by atoms with Gasteiger partial charge >= 0.3 is 0 Å². The van der Waals surface area contributed by atoms with Gasteiger partial charge in [0, 0.05) is 12.6 Å². The van der Waals surface area contributed by atoms with Gasteiger partial charge in [0.1, 0.15) is 0 Å². The van der Waals surface area contributed by atoms with Gasteiger partial charge in [-0.3, -0.25) is 14.5 Å². The number of nitrogens with one attached hydrogen (secondary N) is 1. The lowest BCUT2D eigenvalue weighted by Crippen LogP contribution is -2.45. The number of likely N-dealkylation sites (N-methyl/N-ethyl adjacent to an activating group) is 1. The molecule has 2 saturated carbocycles. The standard InChI is InChI=1S/C16H26N2O2/c1-3-10-7-12-13(8-10)16(20)18(15(12)19)9-14(17-4-2)11-5-6-11/h10-14,17H,3-9H2,1-2H3. The van der Waals surface area contributed by atoms with E-state index in [0.29, 0.717) is 24.4 Å². The average molecular weight is 278 g/mol. The number of amides is 2. The minimum atomic E-state index is -0.00562. The fraction of sp³-hybridized carbons (Fsp3) is 0.875. The number of fused-ring (bicyclic) bond motifs is 1. The molecule has 1 saturated heterocycles. The lowest BCUT2D eigenvalue weighted by molar-refractivity contribution is -0.141. The van der Waals surface area contributed by atoms with Crippen molar-refractivity contribution in [2.45, 2.75) is 52.0 Å². The Morgan fingerprint density at radius 1 is 1.15 bits per heavy atom. The molecule has 4 nitrogen and oxygen atoms in total. The van der Waals surface area contributed by atoms with Crippen molar-refractivity contribution in [1.29, 1.82) is 0 Å². The second kappa shape index (κ2) is 5.47. The molecule has 3 fully saturated rings. The number of imide groups is 1. The average Bonchev–Trinajstić information content (AvgIpc) is 3.16. The van der Waals surface area contributed by atoms with Crippen molar-refractivity contribution in [3.05, 3.63) is 0 Å². The number of hydrogen-bond donors (Lipinski definition) is 1. The van der Waals surface area contributed by atoms with E-state index in [1.807, 2.05) is 0 Å². The van der Waals surface area contributed by atoms with Crippen molar-refractivity contribution in [2.75, 3.05) is 13.1 Å². The zero-order chi connectivity index (χ0) is 14.3. The van der Waals surface area contributed by atoms with Crippen LogP contribution in [0.2, 0.25) is 0 Å². The van der Waals surface area contributed by atoms with Gasteiger partial charge < -0.3 is 5.32 Å². The smallest absolute Gasteiger partial charge is 0.233 e. The van der Waals surface area contributed by atoms with Crippen molar-refractivity contribution in [3.63, 3.8) is 0 Å². The Kier molecular flexibility index (Phi) is 3.85. The third-order valence-electron chi connectivity index (χ3n) is 5.44. The molecule has 3 rings (SSSR count). The molecule has 0 radical (unpaired) electrons. The van der Waals surface area contributed by atoms with Crippen LogP contribution in [0, 0.1) is 23.7 Å². The van der Waals surface area contributed by atoms with Crippen molar-refractivity contribution in [3.8, 4) is 0 Å². The third kappa shape index (κ3) is 2.39. The van der Waals surface area contributed by atoms with Crippen LogP contribution in [-0.4, -0.2) is 35.8 Å². The summed E-state index contributed by atoms with van der Waals surface area (Å²) in [5, 5.41) is 3.45. The zero-order valence-electron chi connectivity index (χ0n) is 12.6. The lowest BCUT2D eigenvalue weighted by atomic mass is 10.00. The van der Waals surface area contributed by atoms with Crippen LogP contribution in [0.15, 0.2) is 0 Å². The van der Waals surface area contributed by atoms with Crippen LogP contribution in [0.1, 0.15) is 46.0 Å². The first kappa shape index (κ1) is 14.1. The maximum absolute atomic E-state index is 12.5. The van der Waals surface area contributed by atoms with E-state index in [4.69, 9.17) is 0 Å². The summed E-state index contributed by atoms with van der Waals surface area (Å²) < 4.78 is 0. The van der Waals surface area contributed by atoms with Gasteiger partial charge in [0.05, 0.1) is 11.8 Å². The normalized spacial score (nSPS) is 34.7. The number of carbonyl (C=O) groups excluding carboxylic acids is 2. The summed E-state index contributed by atoms with van der Waals surface area (Å²) in [4.78, 5) is 26.6. The molecule has 0 bridgehead atoms. The van der Waals surface area contributed by atoms with Crippen molar-refractivity contribution >= 4 is 11.8 Å². The topological polar surface area (TPSA) is 49.4 Å². The minimum Gasteiger partial charge on any atom is -0.312 e. The van der Waals surface area contributed by atoms with Crippen LogP contribution in [0.3, 0.4) is 0 Å². The number of rotatable bonds is 6. The summed E-state index contributed by atoms with van der Waals surface area (Å²) in [6.45, 7) is 5.75. The number of carbonyl (C=O) groups is 2. The Morgan fingerprint density at radius 3 is 2.20 bits per heavy atom. The van der Waals surface area contributed by atoms with E-state index in [0.717, 1.165) is 25.8 Å². The maximum Gasteiger partial charge on any atom is 0.233 e. The molecule has 3 unspecified atom stereocenters. The summed E-state index contributed by atoms with van der Waals surface area (Å²) in [5.74, 6) is 1.45. The quantitative estimate of drug-likeness (QED) is 0.754. The molecule has 1 N–H and O–H groups in total. The van der Waals surface area contributed by atoms with Crippen LogP contribution in [0.5, 0.6) is 0 Å². The first-order chi connectivity index (χ1) is 9.65. The van der Waals surface area contributed by atoms with Crippen LogP contribution >= 0.6 is 0 Å². The number of hydrogen-bond acceptors (Lipinski definition) is 3. The Hall–Kier alpha value is -0.900. The van der Waals surface area contributed by atoms with E-state index in [2.05, 4.69) is 19.2 Å². The second-order valence-electron chi connectivity index (χ2n) is 6.75. The summed E-state index contributed by atoms with van der Waals surface area (Å²) in [5.41, 5.74) is 0. The maximum atomic E-state index is 12.5. The molecule has 3 aliphatic rings. The van der Waals surface area contributed by atoms with Crippen molar-refractivity contribution in [2.24, 2.45) is 23.7 Å². The monoisotopic (exact) mass is 278 g/mol. The Labute approximate surface area is 121 Å². The fourth-order valence-corrected chi connectivity index (χ4v) is 4.05. The van der Waals surface area contributed by atoms with Gasteiger partial charge in [-0.1, -0.05) is 20.3 Å². The summed E-state index contributed by atoms with van der Waals surface area (Å²) in [6.07, 6.45) is 5.42. The minimum absolute atomic E-state index is 0.00562. The summed E-state index contributed by atoms with van der Waals surface area (Å²) >= 11 is 0. The van der Waals surface area contributed by atoms with Gasteiger partial charge in [-0.05, 0) is 44.1 Å². The molecule has 3 atom stereocenters. The lowest BCUT2D eigenvalue weighted by Gasteiger charge is -2.24. The second-order valence-corrected chi connectivity index (χ2v) is 6.75. The van der Waals surface area contributed by atoms with Gasteiger partial charge in [-0.25, -0.2) is 0 Å². The molecule has 0 aromatic carbocycles. The fourth-order valence-electron chi connectivity index (χ4n) is 4.05. The zero-order valence-corrected chi connectivity index (χ0v) is 12.6. The van der Waals surface area contributed by atoms with Crippen molar-refractivity contribution < 1.29 is 9.59 Å². The molecule has 1 heterocycles. The molecule has 0 aromatic heterocycles. The molecule has 4 heteroatoms. The van der Waals surface area contributed by atoms with E-state index >= 15 is 0 Å². The van der Waals surface area contributed by atoms with Gasteiger partial charge in [0.2, 0.25) is 11.8 Å². The van der Waals surface area contributed by atoms with Gasteiger partial charge in [0.25, 0.3) is 0 Å². The van der Waals surface area contributed by atoms with Crippen LogP contribution in [-0.2, 0) is 9.59 Å².